The van der Waals surface area contributed by atoms with Crippen LogP contribution in [0.4, 0.5) is 0 Å². The standard InChI is InChI=1S/C14H26N2O4Si/c1-14(2,3)21(5,6)20-9-7-8-16-10(9)11(17)15(4)12(18)13(16)19/h9-10,12,18H,7-8H2,1-6H3/t9-,10-,12-/m0/s1. The zero-order valence-electron chi connectivity index (χ0n) is 13.7. The fourth-order valence-electron chi connectivity index (χ4n) is 2.63. The van der Waals surface area contributed by atoms with Gasteiger partial charge in [-0.25, -0.2) is 0 Å². The van der Waals surface area contributed by atoms with Crippen LogP contribution in [0.5, 0.6) is 0 Å². The molecule has 120 valence electrons. The van der Waals surface area contributed by atoms with E-state index in [1.54, 1.807) is 0 Å². The van der Waals surface area contributed by atoms with Gasteiger partial charge in [-0.2, -0.15) is 0 Å². The minimum absolute atomic E-state index is 0.0492. The molecule has 2 saturated heterocycles. The summed E-state index contributed by atoms with van der Waals surface area (Å²) < 4.78 is 6.35. The van der Waals surface area contributed by atoms with E-state index in [4.69, 9.17) is 4.43 Å². The van der Waals surface area contributed by atoms with Crippen molar-refractivity contribution >= 4 is 20.1 Å². The molecule has 0 saturated carbocycles. The van der Waals surface area contributed by atoms with Crippen molar-refractivity contribution in [3.8, 4) is 0 Å². The van der Waals surface area contributed by atoms with Crippen LogP contribution in [0.15, 0.2) is 0 Å². The molecular formula is C14H26N2O4Si. The molecule has 2 aliphatic rings. The highest BCUT2D eigenvalue weighted by atomic mass is 28.4. The summed E-state index contributed by atoms with van der Waals surface area (Å²) in [6, 6.07) is -0.583. The molecule has 1 N–H and O–H groups in total. The zero-order chi connectivity index (χ0) is 16.2. The van der Waals surface area contributed by atoms with Crippen LogP contribution < -0.4 is 0 Å². The number of aliphatic hydroxyl groups is 1. The van der Waals surface area contributed by atoms with Gasteiger partial charge in [0.15, 0.2) is 8.32 Å². The maximum absolute atomic E-state index is 12.4. The molecule has 0 bridgehead atoms. The maximum atomic E-state index is 12.4. The summed E-state index contributed by atoms with van der Waals surface area (Å²) >= 11 is 0. The number of amides is 2. The number of carbonyl (C=O) groups excluding carboxylic acids is 2. The average molecular weight is 314 g/mol. The predicted octanol–water partition coefficient (Wildman–Crippen LogP) is 0.768. The maximum Gasteiger partial charge on any atom is 0.273 e. The number of hydrogen-bond donors (Lipinski definition) is 1. The Kier molecular flexibility index (Phi) is 3.97. The van der Waals surface area contributed by atoms with Crippen molar-refractivity contribution < 1.29 is 19.1 Å². The third-order valence-corrected chi connectivity index (χ3v) is 9.57. The fourth-order valence-corrected chi connectivity index (χ4v) is 3.98. The van der Waals surface area contributed by atoms with E-state index >= 15 is 0 Å². The Labute approximate surface area is 127 Å². The number of fused-ring (bicyclic) bond motifs is 1. The summed E-state index contributed by atoms with van der Waals surface area (Å²) in [6.07, 6.45) is -0.979. The summed E-state index contributed by atoms with van der Waals surface area (Å²) in [5.41, 5.74) is 0. The van der Waals surface area contributed by atoms with Gasteiger partial charge in [-0.05, 0) is 24.6 Å². The highest BCUT2D eigenvalue weighted by Crippen LogP contribution is 2.40. The Morgan fingerprint density at radius 2 is 1.81 bits per heavy atom. The largest absolute Gasteiger partial charge is 0.411 e. The summed E-state index contributed by atoms with van der Waals surface area (Å²) in [4.78, 5) is 27.1. The van der Waals surface area contributed by atoms with E-state index in [0.29, 0.717) is 13.0 Å². The van der Waals surface area contributed by atoms with Crippen molar-refractivity contribution in [2.75, 3.05) is 13.6 Å². The molecule has 2 amide bonds. The Morgan fingerprint density at radius 1 is 1.24 bits per heavy atom. The van der Waals surface area contributed by atoms with Crippen molar-refractivity contribution in [3.05, 3.63) is 0 Å². The first-order chi connectivity index (χ1) is 9.47. The molecule has 2 heterocycles. The molecule has 3 atom stereocenters. The van der Waals surface area contributed by atoms with Gasteiger partial charge in [-0.3, -0.25) is 9.59 Å². The molecule has 0 radical (unpaired) electrons. The van der Waals surface area contributed by atoms with Crippen molar-refractivity contribution in [2.45, 2.75) is 63.7 Å². The Bertz CT molecular complexity index is 460. The summed E-state index contributed by atoms with van der Waals surface area (Å²) in [6.45, 7) is 11.2. The highest BCUT2D eigenvalue weighted by molar-refractivity contribution is 6.74. The van der Waals surface area contributed by atoms with Gasteiger partial charge in [0.1, 0.15) is 6.04 Å². The Hall–Kier alpha value is -0.923. The topological polar surface area (TPSA) is 70.1 Å². The average Bonchev–Trinajstić information content (AvgIpc) is 2.75. The molecule has 7 heteroatoms. The van der Waals surface area contributed by atoms with E-state index in [2.05, 4.69) is 33.9 Å². The molecule has 0 aliphatic carbocycles. The third kappa shape index (κ3) is 2.62. The molecule has 0 aromatic rings. The Balaban J connectivity index is 2.22. The molecular weight excluding hydrogens is 288 g/mol. The van der Waals surface area contributed by atoms with Gasteiger partial charge >= 0.3 is 0 Å². The number of likely N-dealkylation sites (N-methyl/N-ethyl adjacent to an activating group) is 1. The van der Waals surface area contributed by atoms with Gasteiger partial charge in [-0.1, -0.05) is 20.8 Å². The van der Waals surface area contributed by atoms with E-state index in [1.165, 1.54) is 11.9 Å². The zero-order valence-corrected chi connectivity index (χ0v) is 14.7. The second-order valence-electron chi connectivity index (χ2n) is 7.50. The van der Waals surface area contributed by atoms with Gasteiger partial charge in [-0.15, -0.1) is 0 Å². The van der Waals surface area contributed by atoms with Crippen LogP contribution >= 0.6 is 0 Å². The Morgan fingerprint density at radius 3 is 2.33 bits per heavy atom. The van der Waals surface area contributed by atoms with Crippen LogP contribution in [-0.4, -0.2) is 67.0 Å². The molecule has 0 aromatic heterocycles. The lowest BCUT2D eigenvalue weighted by molar-refractivity contribution is -0.173. The van der Waals surface area contributed by atoms with E-state index in [-0.39, 0.29) is 17.0 Å². The number of aliphatic hydroxyl groups excluding tert-OH is 1. The number of hydrogen-bond acceptors (Lipinski definition) is 4. The van der Waals surface area contributed by atoms with E-state index in [9.17, 15) is 14.7 Å². The molecule has 6 nitrogen and oxygen atoms in total. The molecule has 2 aliphatic heterocycles. The molecule has 2 rings (SSSR count). The van der Waals surface area contributed by atoms with Crippen molar-refractivity contribution in [1.82, 2.24) is 9.80 Å². The third-order valence-electron chi connectivity index (χ3n) is 5.07. The van der Waals surface area contributed by atoms with E-state index in [0.717, 1.165) is 4.90 Å². The van der Waals surface area contributed by atoms with Crippen molar-refractivity contribution in [1.29, 1.82) is 0 Å². The second kappa shape index (κ2) is 5.07. The lowest BCUT2D eigenvalue weighted by Gasteiger charge is -2.43. The van der Waals surface area contributed by atoms with Gasteiger partial charge in [0.2, 0.25) is 12.1 Å². The van der Waals surface area contributed by atoms with Crippen LogP contribution in [0.2, 0.25) is 18.1 Å². The lowest BCUT2D eigenvalue weighted by atomic mass is 10.1. The van der Waals surface area contributed by atoms with E-state index in [1.807, 2.05) is 0 Å². The number of rotatable bonds is 2. The molecule has 21 heavy (non-hydrogen) atoms. The van der Waals surface area contributed by atoms with Crippen LogP contribution in [0.3, 0.4) is 0 Å². The minimum atomic E-state index is -2.01. The van der Waals surface area contributed by atoms with Gasteiger partial charge in [0.05, 0.1) is 6.10 Å². The first-order valence-corrected chi connectivity index (χ1v) is 10.3. The normalized spacial score (nSPS) is 30.9. The van der Waals surface area contributed by atoms with E-state index < -0.39 is 26.5 Å². The van der Waals surface area contributed by atoms with Crippen LogP contribution in [-0.2, 0) is 14.0 Å². The molecule has 0 aromatic carbocycles. The summed E-state index contributed by atoms with van der Waals surface area (Å²) in [5, 5.41) is 9.84. The van der Waals surface area contributed by atoms with Crippen LogP contribution in [0, 0.1) is 0 Å². The molecule has 0 unspecified atom stereocenters. The SMILES string of the molecule is CN1C(=O)[C@@H]2[C@@H](O[Si](C)(C)C(C)(C)C)CCN2C(=O)[C@@H]1O. The lowest BCUT2D eigenvalue weighted by Crippen LogP contribution is -2.64. The monoisotopic (exact) mass is 314 g/mol. The van der Waals surface area contributed by atoms with Crippen LogP contribution in [0.1, 0.15) is 27.2 Å². The highest BCUT2D eigenvalue weighted by Gasteiger charge is 2.53. The van der Waals surface area contributed by atoms with Gasteiger partial charge < -0.3 is 19.3 Å². The summed E-state index contributed by atoms with van der Waals surface area (Å²) in [5.74, 6) is -0.633. The molecule has 2 fully saturated rings. The number of piperazine rings is 1. The minimum Gasteiger partial charge on any atom is -0.411 e. The van der Waals surface area contributed by atoms with Crippen LogP contribution in [0.25, 0.3) is 0 Å². The van der Waals surface area contributed by atoms with Gasteiger partial charge in [0, 0.05) is 13.6 Å². The first-order valence-electron chi connectivity index (χ1n) is 7.40. The first kappa shape index (κ1) is 16.4. The number of nitrogens with zero attached hydrogens (tertiary/aromatic N) is 2. The second-order valence-corrected chi connectivity index (χ2v) is 12.3. The van der Waals surface area contributed by atoms with Crippen molar-refractivity contribution in [2.24, 2.45) is 0 Å². The quantitative estimate of drug-likeness (QED) is 0.764. The predicted molar refractivity (Wildman–Crippen MR) is 81.0 cm³/mol. The number of carbonyl (C=O) groups is 2. The smallest absolute Gasteiger partial charge is 0.273 e. The summed E-state index contributed by atoms with van der Waals surface area (Å²) in [7, 11) is -0.546. The molecule has 0 spiro atoms. The van der Waals surface area contributed by atoms with Crippen molar-refractivity contribution in [3.63, 3.8) is 0 Å². The van der Waals surface area contributed by atoms with Gasteiger partial charge in [0.25, 0.3) is 5.91 Å². The fraction of sp³-hybridized carbons (Fsp3) is 0.857.